The zero-order valence-corrected chi connectivity index (χ0v) is 17.2. The largest absolute Gasteiger partial charge is 0.494 e. The normalized spacial score (nSPS) is 11.4. The fraction of sp³-hybridized carbons (Fsp3) is 0.0870. The van der Waals surface area contributed by atoms with Crippen molar-refractivity contribution < 1.29 is 9.90 Å². The van der Waals surface area contributed by atoms with E-state index in [0.717, 1.165) is 11.1 Å². The number of aromatic nitrogens is 1. The lowest BCUT2D eigenvalue weighted by Crippen LogP contribution is -2.20. The van der Waals surface area contributed by atoms with Crippen molar-refractivity contribution in [1.29, 1.82) is 0 Å². The number of aromatic hydroxyl groups is 1. The molecule has 150 valence electrons. The van der Waals surface area contributed by atoms with Gasteiger partial charge in [0.1, 0.15) is 5.00 Å². The van der Waals surface area contributed by atoms with E-state index in [-0.39, 0.29) is 11.4 Å². The maximum absolute atomic E-state index is 13.2. The van der Waals surface area contributed by atoms with E-state index < -0.39 is 5.91 Å². The molecule has 1 amide bonds. The average Bonchev–Trinajstić information content (AvgIpc) is 3.19. The Morgan fingerprint density at radius 1 is 1.10 bits per heavy atom. The third-order valence-electron chi connectivity index (χ3n) is 5.07. The molecule has 0 atom stereocenters. The van der Waals surface area contributed by atoms with Crippen molar-refractivity contribution in [2.24, 2.45) is 10.7 Å². The predicted octanol–water partition coefficient (Wildman–Crippen LogP) is 4.22. The van der Waals surface area contributed by atoms with Gasteiger partial charge in [-0.2, -0.15) is 0 Å². The molecule has 2 aromatic carbocycles. The van der Waals surface area contributed by atoms with Gasteiger partial charge in [-0.3, -0.25) is 9.59 Å². The van der Waals surface area contributed by atoms with Crippen LogP contribution >= 0.6 is 11.3 Å². The molecule has 4 aromatic rings. The minimum atomic E-state index is -0.572. The summed E-state index contributed by atoms with van der Waals surface area (Å²) in [5.74, 6) is -0.791. The van der Waals surface area contributed by atoms with Gasteiger partial charge in [0, 0.05) is 17.0 Å². The van der Waals surface area contributed by atoms with E-state index in [1.165, 1.54) is 22.1 Å². The van der Waals surface area contributed by atoms with Crippen LogP contribution in [0.25, 0.3) is 16.5 Å². The van der Waals surface area contributed by atoms with E-state index in [1.54, 1.807) is 41.8 Å². The molecule has 0 aliphatic heterocycles. The van der Waals surface area contributed by atoms with E-state index in [2.05, 4.69) is 4.99 Å². The highest BCUT2D eigenvalue weighted by molar-refractivity contribution is 7.14. The van der Waals surface area contributed by atoms with Gasteiger partial charge in [-0.1, -0.05) is 24.3 Å². The van der Waals surface area contributed by atoms with Gasteiger partial charge < -0.3 is 10.8 Å². The lowest BCUT2D eigenvalue weighted by Gasteiger charge is -2.14. The van der Waals surface area contributed by atoms with Crippen LogP contribution in [0.3, 0.4) is 0 Å². The van der Waals surface area contributed by atoms with Gasteiger partial charge in [0.2, 0.25) is 5.88 Å². The summed E-state index contributed by atoms with van der Waals surface area (Å²) in [4.78, 5) is 29.1. The van der Waals surface area contributed by atoms with Crippen molar-refractivity contribution in [3.05, 3.63) is 86.5 Å². The molecule has 0 spiro atoms. The van der Waals surface area contributed by atoms with Gasteiger partial charge >= 0.3 is 0 Å². The average molecular weight is 417 g/mol. The van der Waals surface area contributed by atoms with Gasteiger partial charge in [0.25, 0.3) is 11.5 Å². The number of fused-ring (bicyclic) bond motifs is 1. The molecule has 4 rings (SSSR count). The monoisotopic (exact) mass is 417 g/mol. The maximum atomic E-state index is 13.2. The zero-order valence-electron chi connectivity index (χ0n) is 16.4. The molecule has 6 nitrogen and oxygen atoms in total. The van der Waals surface area contributed by atoms with Gasteiger partial charge in [0.05, 0.1) is 16.8 Å². The summed E-state index contributed by atoms with van der Waals surface area (Å²) in [6, 6.07) is 14.2. The Labute approximate surface area is 176 Å². The lowest BCUT2D eigenvalue weighted by atomic mass is 10.1. The molecule has 7 heteroatoms. The summed E-state index contributed by atoms with van der Waals surface area (Å²) in [5.41, 5.74) is 8.42. The van der Waals surface area contributed by atoms with Gasteiger partial charge in [0.15, 0.2) is 0 Å². The smallest absolute Gasteiger partial charge is 0.265 e. The molecule has 3 N–H and O–H groups in total. The Bertz CT molecular complexity index is 1380. The van der Waals surface area contributed by atoms with E-state index in [4.69, 9.17) is 5.73 Å². The van der Waals surface area contributed by atoms with Crippen LogP contribution < -0.4 is 11.3 Å². The van der Waals surface area contributed by atoms with Crippen molar-refractivity contribution in [3.8, 4) is 11.6 Å². The van der Waals surface area contributed by atoms with Crippen LogP contribution in [0.2, 0.25) is 0 Å². The van der Waals surface area contributed by atoms with Crippen molar-refractivity contribution in [2.45, 2.75) is 13.8 Å². The summed E-state index contributed by atoms with van der Waals surface area (Å²) in [5, 5.41) is 14.3. The molecule has 0 unspecified atom stereocenters. The summed E-state index contributed by atoms with van der Waals surface area (Å²) >= 11 is 1.27. The maximum Gasteiger partial charge on any atom is 0.265 e. The second kappa shape index (κ2) is 7.61. The van der Waals surface area contributed by atoms with Crippen LogP contribution in [-0.4, -0.2) is 21.8 Å². The number of hydrogen-bond acceptors (Lipinski definition) is 5. The molecule has 2 aromatic heterocycles. The first-order chi connectivity index (χ1) is 14.4. The number of hydrogen-bond donors (Lipinski definition) is 2. The molecule has 0 saturated heterocycles. The lowest BCUT2D eigenvalue weighted by molar-refractivity contribution is 0.100. The molecule has 0 aliphatic rings. The van der Waals surface area contributed by atoms with Crippen LogP contribution in [0.4, 0.5) is 5.00 Å². The Balaban J connectivity index is 1.98. The van der Waals surface area contributed by atoms with Crippen molar-refractivity contribution in [2.75, 3.05) is 0 Å². The fourth-order valence-electron chi connectivity index (χ4n) is 3.31. The van der Waals surface area contributed by atoms with Crippen LogP contribution in [0, 0.1) is 13.8 Å². The zero-order chi connectivity index (χ0) is 21.4. The topological polar surface area (TPSA) is 97.7 Å². The van der Waals surface area contributed by atoms with Gasteiger partial charge in [-0.15, -0.1) is 11.3 Å². The third-order valence-corrected chi connectivity index (χ3v) is 5.89. The molecule has 0 bridgehead atoms. The molecule has 30 heavy (non-hydrogen) atoms. The number of rotatable bonds is 4. The molecule has 0 saturated carbocycles. The van der Waals surface area contributed by atoms with E-state index in [1.807, 2.05) is 26.0 Å². The number of pyridine rings is 1. The minimum absolute atomic E-state index is 0.220. The number of nitrogens with zero attached hydrogens (tertiary/aromatic N) is 2. The number of carbonyl (C=O) groups excluding carboxylic acids is 1. The van der Waals surface area contributed by atoms with E-state index >= 15 is 0 Å². The Morgan fingerprint density at radius 3 is 2.53 bits per heavy atom. The Hall–Kier alpha value is -3.71. The number of nitrogens with two attached hydrogens (primary N) is 1. The first-order valence-electron chi connectivity index (χ1n) is 9.24. The first kappa shape index (κ1) is 19.6. The Kier molecular flexibility index (Phi) is 4.97. The second-order valence-electron chi connectivity index (χ2n) is 6.95. The highest BCUT2D eigenvalue weighted by Crippen LogP contribution is 2.29. The number of carbonyl (C=O) groups is 1. The van der Waals surface area contributed by atoms with E-state index in [9.17, 15) is 14.7 Å². The second-order valence-corrected chi connectivity index (χ2v) is 7.85. The van der Waals surface area contributed by atoms with Crippen LogP contribution in [-0.2, 0) is 0 Å². The molecule has 0 radical (unpaired) electrons. The number of aryl methyl sites for hydroxylation is 2. The van der Waals surface area contributed by atoms with Crippen molar-refractivity contribution in [1.82, 2.24) is 4.57 Å². The van der Waals surface area contributed by atoms with Crippen LogP contribution in [0.5, 0.6) is 5.88 Å². The summed E-state index contributed by atoms with van der Waals surface area (Å²) in [6.45, 7) is 3.93. The summed E-state index contributed by atoms with van der Waals surface area (Å²) in [6.07, 6.45) is 1.47. The van der Waals surface area contributed by atoms with Gasteiger partial charge in [-0.05, 0) is 54.6 Å². The Morgan fingerprint density at radius 2 is 1.83 bits per heavy atom. The highest BCUT2D eigenvalue weighted by atomic mass is 32.1. The van der Waals surface area contributed by atoms with Crippen LogP contribution in [0.15, 0.2) is 63.7 Å². The minimum Gasteiger partial charge on any atom is -0.494 e. The number of amides is 1. The predicted molar refractivity (Wildman–Crippen MR) is 121 cm³/mol. The number of thiophene rings is 1. The molecule has 0 aliphatic carbocycles. The molecular formula is C23H19N3O3S. The number of benzene rings is 2. The molecule has 2 heterocycles. The number of aliphatic imine (C=N–C) groups is 1. The SMILES string of the molecule is Cc1ccc(-n2c(O)c(/C=N/c3sccc3C(N)=O)c3ccccc3c2=O)cc1C. The highest BCUT2D eigenvalue weighted by Gasteiger charge is 2.17. The molecule has 0 fully saturated rings. The number of primary amides is 1. The van der Waals surface area contributed by atoms with Gasteiger partial charge in [-0.25, -0.2) is 9.56 Å². The van der Waals surface area contributed by atoms with Crippen molar-refractivity contribution in [3.63, 3.8) is 0 Å². The summed E-state index contributed by atoms with van der Waals surface area (Å²) in [7, 11) is 0. The summed E-state index contributed by atoms with van der Waals surface area (Å²) < 4.78 is 1.28. The van der Waals surface area contributed by atoms with Crippen molar-refractivity contribution >= 4 is 39.2 Å². The molecular weight excluding hydrogens is 398 g/mol. The quantitative estimate of drug-likeness (QED) is 0.486. The standard InChI is InChI=1S/C23H19N3O3S/c1-13-7-8-15(11-14(13)2)26-22(28)17-6-4-3-5-16(17)19(23(26)29)12-25-21-18(20(24)27)9-10-30-21/h3-12,29H,1-2H3,(H2,24,27)/b25-12+. The van der Waals surface area contributed by atoms with E-state index in [0.29, 0.717) is 32.6 Å². The third kappa shape index (κ3) is 3.29. The fourth-order valence-corrected chi connectivity index (χ4v) is 4.05. The first-order valence-corrected chi connectivity index (χ1v) is 10.1. The van der Waals surface area contributed by atoms with Crippen LogP contribution in [0.1, 0.15) is 27.0 Å².